The molecule has 0 aliphatic rings. The Balaban J connectivity index is 1.73. The Morgan fingerprint density at radius 1 is 1.05 bits per heavy atom. The van der Waals surface area contributed by atoms with Gasteiger partial charge in [0.05, 0.1) is 18.9 Å². The number of hydrogen-bond acceptors (Lipinski definition) is 4. The highest BCUT2D eigenvalue weighted by Gasteiger charge is 2.42. The molecule has 10 heteroatoms. The molecule has 2 aromatic heterocycles. The first-order valence-corrected chi connectivity index (χ1v) is 11.7. The van der Waals surface area contributed by atoms with Gasteiger partial charge in [0.15, 0.2) is 5.76 Å². The van der Waals surface area contributed by atoms with E-state index in [1.54, 1.807) is 36.4 Å². The second-order valence-electron chi connectivity index (χ2n) is 8.15. The summed E-state index contributed by atoms with van der Waals surface area (Å²) in [7, 11) is 1.39. The van der Waals surface area contributed by atoms with Crippen LogP contribution in [-0.2, 0) is 12.7 Å². The third kappa shape index (κ3) is 4.70. The van der Waals surface area contributed by atoms with E-state index in [-0.39, 0.29) is 34.0 Å². The Morgan fingerprint density at radius 2 is 1.81 bits per heavy atom. The molecule has 0 fully saturated rings. The van der Waals surface area contributed by atoms with Crippen LogP contribution >= 0.6 is 23.2 Å². The van der Waals surface area contributed by atoms with Crippen molar-refractivity contribution < 1.29 is 27.1 Å². The quantitative estimate of drug-likeness (QED) is 0.204. The molecule has 0 N–H and O–H groups in total. The number of benzene rings is 3. The fourth-order valence-corrected chi connectivity index (χ4v) is 4.66. The molecule has 0 bridgehead atoms. The van der Waals surface area contributed by atoms with Gasteiger partial charge >= 0.3 is 6.18 Å². The summed E-state index contributed by atoms with van der Waals surface area (Å²) in [4.78, 5) is 17.6. The van der Waals surface area contributed by atoms with E-state index in [4.69, 9.17) is 32.4 Å². The lowest BCUT2D eigenvalue weighted by Gasteiger charge is -2.15. The molecular formula is C27H17Cl2F3N2O3. The monoisotopic (exact) mass is 544 g/mol. The fourth-order valence-electron chi connectivity index (χ4n) is 4.19. The summed E-state index contributed by atoms with van der Waals surface area (Å²) in [6.07, 6.45) is -3.59. The molecule has 0 aliphatic carbocycles. The molecule has 3 aromatic carbocycles. The van der Waals surface area contributed by atoms with Crippen molar-refractivity contribution in [1.29, 1.82) is 0 Å². The zero-order valence-corrected chi connectivity index (χ0v) is 20.7. The molecule has 0 amide bonds. The van der Waals surface area contributed by atoms with Gasteiger partial charge in [-0.25, -0.2) is 4.98 Å². The normalized spacial score (nSPS) is 11.7. The molecule has 5 nitrogen and oxygen atoms in total. The minimum absolute atomic E-state index is 0.0428. The minimum Gasteiger partial charge on any atom is -0.497 e. The summed E-state index contributed by atoms with van der Waals surface area (Å²) in [5.41, 5.74) is -0.547. The van der Waals surface area contributed by atoms with Crippen molar-refractivity contribution in [3.8, 4) is 17.1 Å². The SMILES string of the molecule is COc1ccc2c(c1)c(C(=O)c1ncc(-c3ccccc3)o1)c(C(F)(F)F)n2Cc1ccc(Cl)cc1Cl. The number of hydrogen-bond donors (Lipinski definition) is 0. The van der Waals surface area contributed by atoms with Gasteiger partial charge in [0.2, 0.25) is 0 Å². The third-order valence-corrected chi connectivity index (χ3v) is 6.45. The number of ether oxygens (including phenoxy) is 1. The van der Waals surface area contributed by atoms with E-state index in [0.29, 0.717) is 16.1 Å². The molecule has 2 heterocycles. The molecule has 188 valence electrons. The molecule has 5 aromatic rings. The van der Waals surface area contributed by atoms with Crippen molar-refractivity contribution in [2.24, 2.45) is 0 Å². The van der Waals surface area contributed by atoms with Gasteiger partial charge in [-0.2, -0.15) is 13.2 Å². The number of methoxy groups -OCH3 is 1. The Hall–Kier alpha value is -3.75. The van der Waals surface area contributed by atoms with Gasteiger partial charge in [-0.05, 0) is 35.9 Å². The summed E-state index contributed by atoms with van der Waals surface area (Å²) in [6.45, 7) is -0.262. The second kappa shape index (κ2) is 9.61. The number of halogens is 5. The van der Waals surface area contributed by atoms with Gasteiger partial charge in [0.1, 0.15) is 11.4 Å². The molecule has 0 radical (unpaired) electrons. The standard InChI is InChI=1S/C27H17Cl2F3N2O3/c1-36-18-9-10-21-19(12-18)23(24(35)26-33-13-22(37-26)15-5-3-2-4-6-15)25(27(30,31)32)34(21)14-16-7-8-17(28)11-20(16)29/h2-13H,14H2,1H3. The van der Waals surface area contributed by atoms with Crippen molar-refractivity contribution in [3.63, 3.8) is 0 Å². The number of carbonyl (C=O) groups excluding carboxylic acids is 1. The Kier molecular flexibility index (Phi) is 6.47. The van der Waals surface area contributed by atoms with Crippen molar-refractivity contribution >= 4 is 39.9 Å². The lowest BCUT2D eigenvalue weighted by molar-refractivity contribution is -0.143. The van der Waals surface area contributed by atoms with Crippen LogP contribution in [0.4, 0.5) is 13.2 Å². The first-order valence-electron chi connectivity index (χ1n) is 10.9. The first kappa shape index (κ1) is 24.9. The number of rotatable bonds is 6. The number of fused-ring (bicyclic) bond motifs is 1. The molecule has 0 saturated heterocycles. The summed E-state index contributed by atoms with van der Waals surface area (Å²) in [6, 6.07) is 17.7. The van der Waals surface area contributed by atoms with Crippen LogP contribution in [0.2, 0.25) is 10.0 Å². The van der Waals surface area contributed by atoms with E-state index in [9.17, 15) is 18.0 Å². The van der Waals surface area contributed by atoms with Crippen molar-refractivity contribution in [1.82, 2.24) is 9.55 Å². The topological polar surface area (TPSA) is 57.3 Å². The highest BCUT2D eigenvalue weighted by molar-refractivity contribution is 6.35. The van der Waals surface area contributed by atoms with Gasteiger partial charge < -0.3 is 13.7 Å². The van der Waals surface area contributed by atoms with Crippen molar-refractivity contribution in [2.45, 2.75) is 12.7 Å². The third-order valence-electron chi connectivity index (χ3n) is 5.87. The first-order chi connectivity index (χ1) is 17.7. The van der Waals surface area contributed by atoms with E-state index in [2.05, 4.69) is 4.98 Å². The molecule has 0 atom stereocenters. The molecule has 0 aliphatic heterocycles. The van der Waals surface area contributed by atoms with E-state index < -0.39 is 29.1 Å². The maximum absolute atomic E-state index is 14.6. The van der Waals surface area contributed by atoms with Gasteiger partial charge in [-0.1, -0.05) is 59.6 Å². The highest BCUT2D eigenvalue weighted by Crippen LogP contribution is 2.41. The van der Waals surface area contributed by atoms with E-state index in [0.717, 1.165) is 4.57 Å². The van der Waals surface area contributed by atoms with Crippen LogP contribution in [0.15, 0.2) is 77.3 Å². The predicted molar refractivity (Wildman–Crippen MR) is 134 cm³/mol. The summed E-state index contributed by atoms with van der Waals surface area (Å²) < 4.78 is 55.8. The summed E-state index contributed by atoms with van der Waals surface area (Å²) >= 11 is 12.2. The number of ketones is 1. The average molecular weight is 545 g/mol. The van der Waals surface area contributed by atoms with Crippen molar-refractivity contribution in [2.75, 3.05) is 7.11 Å². The van der Waals surface area contributed by atoms with Gasteiger partial charge in [0, 0.05) is 33.1 Å². The average Bonchev–Trinajstić information content (AvgIpc) is 3.49. The lowest BCUT2D eigenvalue weighted by Crippen LogP contribution is -2.19. The molecule has 0 spiro atoms. The van der Waals surface area contributed by atoms with Gasteiger partial charge in [0.25, 0.3) is 11.7 Å². The second-order valence-corrected chi connectivity index (χ2v) is 8.99. The van der Waals surface area contributed by atoms with E-state index in [1.165, 1.54) is 43.6 Å². The van der Waals surface area contributed by atoms with E-state index in [1.807, 2.05) is 0 Å². The minimum atomic E-state index is -4.90. The molecular weight excluding hydrogens is 528 g/mol. The van der Waals surface area contributed by atoms with Crippen LogP contribution in [-0.4, -0.2) is 22.4 Å². The highest BCUT2D eigenvalue weighted by atomic mass is 35.5. The van der Waals surface area contributed by atoms with Gasteiger partial charge in [-0.3, -0.25) is 4.79 Å². The number of alkyl halides is 3. The van der Waals surface area contributed by atoms with Crippen LogP contribution in [0, 0.1) is 0 Å². The van der Waals surface area contributed by atoms with Crippen LogP contribution in [0.3, 0.4) is 0 Å². The molecule has 5 rings (SSSR count). The van der Waals surface area contributed by atoms with Crippen LogP contribution in [0.5, 0.6) is 5.75 Å². The smallest absolute Gasteiger partial charge is 0.432 e. The van der Waals surface area contributed by atoms with Crippen LogP contribution in [0.25, 0.3) is 22.2 Å². The van der Waals surface area contributed by atoms with E-state index >= 15 is 0 Å². The largest absolute Gasteiger partial charge is 0.497 e. The van der Waals surface area contributed by atoms with Crippen LogP contribution < -0.4 is 4.74 Å². The Bertz CT molecular complexity index is 1630. The lowest BCUT2D eigenvalue weighted by atomic mass is 10.1. The summed E-state index contributed by atoms with van der Waals surface area (Å²) in [5.74, 6) is -0.925. The van der Waals surface area contributed by atoms with Gasteiger partial charge in [-0.15, -0.1) is 0 Å². The number of carbonyl (C=O) groups is 1. The number of oxazole rings is 1. The zero-order valence-electron chi connectivity index (χ0n) is 19.1. The predicted octanol–water partition coefficient (Wildman–Crippen LogP) is 7.91. The zero-order chi connectivity index (χ0) is 26.3. The van der Waals surface area contributed by atoms with Crippen LogP contribution in [0.1, 0.15) is 27.5 Å². The number of nitrogens with zero attached hydrogens (tertiary/aromatic N) is 2. The summed E-state index contributed by atoms with van der Waals surface area (Å²) in [5, 5.41) is 0.589. The molecule has 37 heavy (non-hydrogen) atoms. The fraction of sp³-hybridized carbons (Fsp3) is 0.111. The molecule has 0 unspecified atom stereocenters. The maximum atomic E-state index is 14.6. The maximum Gasteiger partial charge on any atom is 0.432 e. The van der Waals surface area contributed by atoms with Crippen molar-refractivity contribution in [3.05, 3.63) is 106 Å². The molecule has 0 saturated carbocycles. The Labute approximate surface area is 219 Å². The Morgan fingerprint density at radius 3 is 2.49 bits per heavy atom. The number of aromatic nitrogens is 2.